The second kappa shape index (κ2) is 7.16. The minimum Gasteiger partial charge on any atom is -0.462 e. The fraction of sp³-hybridized carbons (Fsp3) is 0.333. The molecule has 0 fully saturated rings. The number of hydrogen-bond acceptors (Lipinski definition) is 5. The second-order valence-electron chi connectivity index (χ2n) is 5.80. The van der Waals surface area contributed by atoms with Gasteiger partial charge in [-0.25, -0.2) is 18.2 Å². The highest BCUT2D eigenvalue weighted by molar-refractivity contribution is 7.91. The highest BCUT2D eigenvalue weighted by atomic mass is 32.2. The zero-order chi connectivity index (χ0) is 26.4. The third-order valence-corrected chi connectivity index (χ3v) is 5.41. The molecule has 1 aliphatic heterocycles. The molecule has 1 aliphatic rings. The standard InChI is InChI=1S/C21H21NO4S/c1-4-26-20(23)16-7-9-17(22-14-16)8-5-15-6-10-19-18(13-15)21(2,3)11-12-27(19,24)25/h6-7,9-10,13-14H,4,11-12H2,1-3H3/i2D3,3D3,11D2. The molecule has 6 heteroatoms. The Bertz CT molecular complexity index is 1310. The van der Waals surface area contributed by atoms with Gasteiger partial charge in [0.25, 0.3) is 0 Å². The minimum atomic E-state index is -4.32. The van der Waals surface area contributed by atoms with Crippen molar-refractivity contribution in [2.75, 3.05) is 12.4 Å². The van der Waals surface area contributed by atoms with E-state index >= 15 is 0 Å². The van der Waals surface area contributed by atoms with Crippen LogP contribution >= 0.6 is 0 Å². The lowest BCUT2D eigenvalue weighted by atomic mass is 9.81. The maximum absolute atomic E-state index is 12.8. The first-order chi connectivity index (χ1) is 16.0. The minimum absolute atomic E-state index is 0.0609. The van der Waals surface area contributed by atoms with Gasteiger partial charge >= 0.3 is 5.97 Å². The number of carbonyl (C=O) groups is 1. The summed E-state index contributed by atoms with van der Waals surface area (Å²) in [5.41, 5.74) is -3.28. The summed E-state index contributed by atoms with van der Waals surface area (Å²) in [5.74, 6) is 3.50. The van der Waals surface area contributed by atoms with Crippen molar-refractivity contribution in [3.05, 3.63) is 58.9 Å². The smallest absolute Gasteiger partial charge is 0.339 e. The van der Waals surface area contributed by atoms with Gasteiger partial charge in [0, 0.05) is 22.7 Å². The predicted octanol–water partition coefficient (Wildman–Crippen LogP) is 3.11. The number of hydrogen-bond donors (Lipinski definition) is 0. The van der Waals surface area contributed by atoms with E-state index in [1.165, 1.54) is 24.4 Å². The van der Waals surface area contributed by atoms with Crippen molar-refractivity contribution in [2.45, 2.75) is 37.3 Å². The van der Waals surface area contributed by atoms with Crippen LogP contribution in [0.25, 0.3) is 0 Å². The highest BCUT2D eigenvalue weighted by Gasteiger charge is 2.35. The van der Waals surface area contributed by atoms with Crippen LogP contribution in [0.5, 0.6) is 0 Å². The summed E-state index contributed by atoms with van der Waals surface area (Å²) in [6, 6.07) is 6.21. The highest BCUT2D eigenvalue weighted by Crippen LogP contribution is 2.38. The van der Waals surface area contributed by atoms with Crippen molar-refractivity contribution < 1.29 is 28.9 Å². The summed E-state index contributed by atoms with van der Waals surface area (Å²) in [6.45, 7) is -4.97. The number of nitrogens with zero attached hydrogens (tertiary/aromatic N) is 1. The maximum atomic E-state index is 12.8. The molecule has 0 unspecified atom stereocenters. The van der Waals surface area contributed by atoms with E-state index in [1.807, 2.05) is 0 Å². The van der Waals surface area contributed by atoms with Crippen molar-refractivity contribution in [3.63, 3.8) is 0 Å². The first-order valence-corrected chi connectivity index (χ1v) is 9.66. The topological polar surface area (TPSA) is 73.3 Å². The van der Waals surface area contributed by atoms with Crippen molar-refractivity contribution in [2.24, 2.45) is 0 Å². The molecule has 140 valence electrons. The van der Waals surface area contributed by atoms with Crippen LogP contribution < -0.4 is 0 Å². The Morgan fingerprint density at radius 2 is 2.15 bits per heavy atom. The Morgan fingerprint density at radius 3 is 2.81 bits per heavy atom. The van der Waals surface area contributed by atoms with Crippen LogP contribution in [-0.2, 0) is 20.0 Å². The van der Waals surface area contributed by atoms with E-state index < -0.39 is 57.5 Å². The van der Waals surface area contributed by atoms with E-state index in [2.05, 4.69) is 16.8 Å². The van der Waals surface area contributed by atoms with Gasteiger partial charge in [0.2, 0.25) is 0 Å². The largest absolute Gasteiger partial charge is 0.462 e. The van der Waals surface area contributed by atoms with Gasteiger partial charge < -0.3 is 4.74 Å². The summed E-state index contributed by atoms with van der Waals surface area (Å²) in [7, 11) is -4.32. The lowest BCUT2D eigenvalue weighted by molar-refractivity contribution is 0.0526. The number of rotatable bonds is 2. The van der Waals surface area contributed by atoms with Crippen LogP contribution in [-0.4, -0.2) is 31.7 Å². The number of fused-ring (bicyclic) bond motifs is 1. The number of esters is 1. The number of sulfone groups is 1. The van der Waals surface area contributed by atoms with E-state index in [9.17, 15) is 13.2 Å². The molecule has 1 aromatic carbocycles. The SMILES string of the molecule is [2H]C([2H])([2H])C1(C([2H])([2H])[2H])c2cc(C#Cc3ccc(C(=O)OCC)cn3)ccc2S(=O)(=O)CC1([2H])[2H]. The van der Waals surface area contributed by atoms with Crippen molar-refractivity contribution in [3.8, 4) is 11.8 Å². The Kier molecular flexibility index (Phi) is 2.99. The van der Waals surface area contributed by atoms with Gasteiger partial charge in [-0.3, -0.25) is 0 Å². The van der Waals surface area contributed by atoms with E-state index in [1.54, 1.807) is 6.92 Å². The fourth-order valence-electron chi connectivity index (χ4n) is 2.49. The van der Waals surface area contributed by atoms with E-state index in [0.29, 0.717) is 0 Å². The molecule has 0 N–H and O–H groups in total. The molecule has 0 saturated heterocycles. The summed E-state index contributed by atoms with van der Waals surface area (Å²) in [5, 5.41) is 0. The van der Waals surface area contributed by atoms with Gasteiger partial charge in [-0.1, -0.05) is 19.6 Å². The van der Waals surface area contributed by atoms with Gasteiger partial charge in [0.1, 0.15) is 5.69 Å². The Morgan fingerprint density at radius 1 is 1.33 bits per heavy atom. The molecule has 27 heavy (non-hydrogen) atoms. The lowest BCUT2D eigenvalue weighted by Gasteiger charge is -2.32. The molecule has 3 rings (SSSR count). The summed E-state index contributed by atoms with van der Waals surface area (Å²) in [4.78, 5) is 15.2. The third kappa shape index (κ3) is 4.04. The quantitative estimate of drug-likeness (QED) is 0.581. The molecule has 2 heterocycles. The molecule has 0 spiro atoms. The predicted molar refractivity (Wildman–Crippen MR) is 102 cm³/mol. The zero-order valence-corrected chi connectivity index (χ0v) is 15.2. The first kappa shape index (κ1) is 11.3. The monoisotopic (exact) mass is 391 g/mol. The Hall–Kier alpha value is -2.65. The number of benzene rings is 1. The van der Waals surface area contributed by atoms with Crippen molar-refractivity contribution in [1.82, 2.24) is 4.98 Å². The van der Waals surface area contributed by atoms with Crippen LogP contribution in [0.1, 0.15) is 65.1 Å². The number of ether oxygens (including phenoxy) is 1. The summed E-state index contributed by atoms with van der Waals surface area (Å²) < 4.78 is 95.0. The van der Waals surface area contributed by atoms with Gasteiger partial charge in [0.15, 0.2) is 9.84 Å². The number of pyridine rings is 1. The fourth-order valence-corrected chi connectivity index (χ4v) is 3.87. The average Bonchev–Trinajstić information content (AvgIpc) is 2.69. The molecule has 5 nitrogen and oxygen atoms in total. The van der Waals surface area contributed by atoms with E-state index in [-0.39, 0.29) is 23.4 Å². The zero-order valence-electron chi connectivity index (χ0n) is 22.4. The van der Waals surface area contributed by atoms with Crippen LogP contribution in [0.15, 0.2) is 41.4 Å². The first-order valence-electron chi connectivity index (χ1n) is 12.0. The molecule has 0 radical (unpaired) electrons. The van der Waals surface area contributed by atoms with E-state index in [0.717, 1.165) is 12.1 Å². The van der Waals surface area contributed by atoms with Gasteiger partial charge in [-0.2, -0.15) is 0 Å². The molecule has 0 saturated carbocycles. The lowest BCUT2D eigenvalue weighted by Crippen LogP contribution is -2.30. The van der Waals surface area contributed by atoms with Crippen LogP contribution in [0.2, 0.25) is 0 Å². The van der Waals surface area contributed by atoms with Crippen LogP contribution in [0.4, 0.5) is 0 Å². The molecule has 1 aromatic heterocycles. The number of carbonyl (C=O) groups excluding carboxylic acids is 1. The third-order valence-electron chi connectivity index (χ3n) is 3.86. The molecule has 0 bridgehead atoms. The summed E-state index contributed by atoms with van der Waals surface area (Å²) >= 11 is 0. The van der Waals surface area contributed by atoms with Crippen LogP contribution in [0, 0.1) is 11.8 Å². The van der Waals surface area contributed by atoms with Crippen LogP contribution in [0.3, 0.4) is 0 Å². The molecule has 0 amide bonds. The molecular formula is C21H21NO4S. The normalized spacial score (nSPS) is 23.7. The van der Waals surface area contributed by atoms with Gasteiger partial charge in [0.05, 0.1) is 22.8 Å². The average molecular weight is 392 g/mol. The van der Waals surface area contributed by atoms with E-state index in [4.69, 9.17) is 15.7 Å². The maximum Gasteiger partial charge on any atom is 0.339 e. The second-order valence-corrected chi connectivity index (χ2v) is 7.76. The summed E-state index contributed by atoms with van der Waals surface area (Å²) in [6.07, 6.45) is -1.88. The Balaban J connectivity index is 2.18. The van der Waals surface area contributed by atoms with Crippen molar-refractivity contribution in [1.29, 1.82) is 0 Å². The van der Waals surface area contributed by atoms with Gasteiger partial charge in [-0.15, -0.1) is 0 Å². The number of aromatic nitrogens is 1. The van der Waals surface area contributed by atoms with Crippen molar-refractivity contribution >= 4 is 15.8 Å². The molecule has 0 aliphatic carbocycles. The molecular weight excluding hydrogens is 362 g/mol. The molecule has 0 atom stereocenters. The Labute approximate surface area is 170 Å². The van der Waals surface area contributed by atoms with Gasteiger partial charge in [-0.05, 0) is 60.5 Å². The molecule has 2 aromatic rings.